The highest BCUT2D eigenvalue weighted by Gasteiger charge is 2.29. The number of thioether (sulfide) groups is 1. The molecule has 68 valence electrons. The minimum absolute atomic E-state index is 0.221. The molecule has 0 aromatic heterocycles. The Labute approximate surface area is 81.3 Å². The molecular weight excluding hydrogens is 184 g/mol. The first-order valence-corrected chi connectivity index (χ1v) is 5.01. The number of carbonyl (C=O) groups is 1. The summed E-state index contributed by atoms with van der Waals surface area (Å²) in [6.07, 6.45) is 10.2. The van der Waals surface area contributed by atoms with E-state index in [4.69, 9.17) is 0 Å². The summed E-state index contributed by atoms with van der Waals surface area (Å²) in [5.74, 6) is 0.144. The number of methoxy groups -OCH3 is 1. The van der Waals surface area contributed by atoms with Crippen LogP contribution in [0.15, 0.2) is 35.3 Å². The molecule has 0 saturated heterocycles. The molecule has 13 heavy (non-hydrogen) atoms. The molecular formula is C10H10O2S. The average molecular weight is 194 g/mol. The standard InChI is InChI=1S/C10H10O2S/c1-12-10(11)9-6-7-4-2-3-5-8(7)13-9/h2-8H,1H3. The second-order valence-corrected chi connectivity index (χ2v) is 4.17. The average Bonchev–Trinajstić information content (AvgIpc) is 2.59. The molecule has 2 atom stereocenters. The number of rotatable bonds is 1. The van der Waals surface area contributed by atoms with E-state index in [1.807, 2.05) is 18.2 Å². The predicted octanol–water partition coefficient (Wildman–Crippen LogP) is 1.90. The summed E-state index contributed by atoms with van der Waals surface area (Å²) in [6, 6.07) is 0. The van der Waals surface area contributed by atoms with Crippen molar-refractivity contribution in [2.75, 3.05) is 7.11 Å². The van der Waals surface area contributed by atoms with E-state index in [-0.39, 0.29) is 5.97 Å². The summed E-state index contributed by atoms with van der Waals surface area (Å²) < 4.78 is 4.66. The van der Waals surface area contributed by atoms with Crippen LogP contribution >= 0.6 is 11.8 Å². The summed E-state index contributed by atoms with van der Waals surface area (Å²) in [5.41, 5.74) is 0. The Bertz CT molecular complexity index is 315. The van der Waals surface area contributed by atoms with Crippen LogP contribution in [-0.4, -0.2) is 18.3 Å². The van der Waals surface area contributed by atoms with Crippen molar-refractivity contribution in [3.63, 3.8) is 0 Å². The highest BCUT2D eigenvalue weighted by Crippen LogP contribution is 2.39. The van der Waals surface area contributed by atoms with Crippen molar-refractivity contribution in [3.8, 4) is 0 Å². The normalized spacial score (nSPS) is 29.8. The topological polar surface area (TPSA) is 26.3 Å². The maximum absolute atomic E-state index is 11.2. The highest BCUT2D eigenvalue weighted by atomic mass is 32.2. The Hall–Kier alpha value is -0.960. The van der Waals surface area contributed by atoms with Gasteiger partial charge in [0.15, 0.2) is 0 Å². The monoisotopic (exact) mass is 194 g/mol. The van der Waals surface area contributed by atoms with Crippen LogP contribution in [0.3, 0.4) is 0 Å². The Morgan fingerprint density at radius 1 is 1.46 bits per heavy atom. The third-order valence-electron chi connectivity index (χ3n) is 2.12. The van der Waals surface area contributed by atoms with E-state index < -0.39 is 0 Å². The lowest BCUT2D eigenvalue weighted by atomic mass is 10.0. The van der Waals surface area contributed by atoms with Gasteiger partial charge >= 0.3 is 5.97 Å². The van der Waals surface area contributed by atoms with Crippen LogP contribution in [0.25, 0.3) is 0 Å². The Morgan fingerprint density at radius 3 is 2.92 bits per heavy atom. The largest absolute Gasteiger partial charge is 0.465 e. The first-order valence-electron chi connectivity index (χ1n) is 4.13. The van der Waals surface area contributed by atoms with Crippen LogP contribution in [-0.2, 0) is 9.53 Å². The lowest BCUT2D eigenvalue weighted by Gasteiger charge is -2.12. The van der Waals surface area contributed by atoms with Crippen molar-refractivity contribution >= 4 is 17.7 Å². The van der Waals surface area contributed by atoms with Gasteiger partial charge < -0.3 is 4.74 Å². The summed E-state index contributed by atoms with van der Waals surface area (Å²) in [4.78, 5) is 11.9. The maximum Gasteiger partial charge on any atom is 0.344 e. The first kappa shape index (κ1) is 8.63. The van der Waals surface area contributed by atoms with E-state index in [0.717, 1.165) is 4.91 Å². The number of ether oxygens (including phenoxy) is 1. The molecule has 0 N–H and O–H groups in total. The molecule has 1 aliphatic carbocycles. The van der Waals surface area contributed by atoms with Crippen molar-refractivity contribution < 1.29 is 9.53 Å². The van der Waals surface area contributed by atoms with Crippen molar-refractivity contribution in [2.24, 2.45) is 5.92 Å². The third-order valence-corrected chi connectivity index (χ3v) is 3.42. The number of allylic oxidation sites excluding steroid dienone is 4. The summed E-state index contributed by atoms with van der Waals surface area (Å²) in [6.45, 7) is 0. The molecule has 2 aliphatic rings. The zero-order valence-electron chi connectivity index (χ0n) is 7.27. The van der Waals surface area contributed by atoms with Crippen molar-refractivity contribution in [1.29, 1.82) is 0 Å². The van der Waals surface area contributed by atoms with Crippen LogP contribution in [0, 0.1) is 5.92 Å². The number of hydrogen-bond donors (Lipinski definition) is 0. The molecule has 0 fully saturated rings. The van der Waals surface area contributed by atoms with E-state index in [1.54, 1.807) is 11.8 Å². The van der Waals surface area contributed by atoms with E-state index in [9.17, 15) is 4.79 Å². The van der Waals surface area contributed by atoms with E-state index in [0.29, 0.717) is 11.2 Å². The molecule has 1 aliphatic heterocycles. The number of hydrogen-bond acceptors (Lipinski definition) is 3. The Kier molecular flexibility index (Phi) is 2.27. The van der Waals surface area contributed by atoms with Gasteiger partial charge in [0.1, 0.15) is 0 Å². The van der Waals surface area contributed by atoms with Gasteiger partial charge in [-0.25, -0.2) is 4.79 Å². The Balaban J connectivity index is 2.15. The maximum atomic E-state index is 11.2. The molecule has 2 nitrogen and oxygen atoms in total. The number of fused-ring (bicyclic) bond motifs is 1. The second-order valence-electron chi connectivity index (χ2n) is 2.95. The van der Waals surface area contributed by atoms with E-state index in [1.165, 1.54) is 7.11 Å². The van der Waals surface area contributed by atoms with Gasteiger partial charge in [-0.05, 0) is 0 Å². The molecule has 2 unspecified atom stereocenters. The van der Waals surface area contributed by atoms with Crippen LogP contribution < -0.4 is 0 Å². The van der Waals surface area contributed by atoms with E-state index in [2.05, 4.69) is 16.9 Å². The fraction of sp³-hybridized carbons (Fsp3) is 0.300. The minimum atomic E-state index is -0.221. The van der Waals surface area contributed by atoms with Gasteiger partial charge in [-0.15, -0.1) is 11.8 Å². The fourth-order valence-electron chi connectivity index (χ4n) is 1.45. The van der Waals surface area contributed by atoms with Crippen LogP contribution in [0.5, 0.6) is 0 Å². The lowest BCUT2D eigenvalue weighted by molar-refractivity contribution is -0.135. The summed E-state index contributed by atoms with van der Waals surface area (Å²) in [5, 5.41) is 0.388. The van der Waals surface area contributed by atoms with Gasteiger partial charge in [0.25, 0.3) is 0 Å². The first-order chi connectivity index (χ1) is 6.31. The molecule has 0 bridgehead atoms. The van der Waals surface area contributed by atoms with Gasteiger partial charge in [-0.3, -0.25) is 0 Å². The van der Waals surface area contributed by atoms with Gasteiger partial charge in [0.05, 0.1) is 12.0 Å². The fourth-order valence-corrected chi connectivity index (χ4v) is 2.65. The van der Waals surface area contributed by atoms with Crippen LogP contribution in [0.1, 0.15) is 0 Å². The smallest absolute Gasteiger partial charge is 0.344 e. The van der Waals surface area contributed by atoms with Gasteiger partial charge in [0.2, 0.25) is 0 Å². The zero-order valence-corrected chi connectivity index (χ0v) is 8.08. The molecule has 0 aromatic carbocycles. The van der Waals surface area contributed by atoms with Crippen molar-refractivity contribution in [3.05, 3.63) is 35.3 Å². The summed E-state index contributed by atoms with van der Waals surface area (Å²) >= 11 is 1.58. The van der Waals surface area contributed by atoms with Crippen LogP contribution in [0.4, 0.5) is 0 Å². The van der Waals surface area contributed by atoms with E-state index >= 15 is 0 Å². The highest BCUT2D eigenvalue weighted by molar-refractivity contribution is 8.05. The molecule has 0 saturated carbocycles. The molecule has 0 radical (unpaired) electrons. The van der Waals surface area contributed by atoms with Crippen LogP contribution in [0.2, 0.25) is 0 Å². The minimum Gasteiger partial charge on any atom is -0.465 e. The molecule has 0 spiro atoms. The lowest BCUT2D eigenvalue weighted by Crippen LogP contribution is -2.07. The van der Waals surface area contributed by atoms with Gasteiger partial charge in [-0.1, -0.05) is 30.4 Å². The predicted molar refractivity (Wildman–Crippen MR) is 53.2 cm³/mol. The number of esters is 1. The van der Waals surface area contributed by atoms with Gasteiger partial charge in [0, 0.05) is 11.2 Å². The van der Waals surface area contributed by atoms with Gasteiger partial charge in [-0.2, -0.15) is 0 Å². The SMILES string of the molecule is COC(=O)C1=CC2C=CC=CC2S1. The third kappa shape index (κ3) is 1.56. The Morgan fingerprint density at radius 2 is 2.23 bits per heavy atom. The quantitative estimate of drug-likeness (QED) is 0.596. The molecule has 3 heteroatoms. The zero-order chi connectivity index (χ0) is 9.26. The molecule has 2 rings (SSSR count). The van der Waals surface area contributed by atoms with Crippen molar-refractivity contribution in [1.82, 2.24) is 0 Å². The molecule has 0 amide bonds. The molecule has 1 heterocycles. The number of carbonyl (C=O) groups excluding carboxylic acids is 1. The summed E-state index contributed by atoms with van der Waals surface area (Å²) in [7, 11) is 1.41. The van der Waals surface area contributed by atoms with Crippen molar-refractivity contribution in [2.45, 2.75) is 5.25 Å². The second kappa shape index (κ2) is 3.42. The molecule has 0 aromatic rings.